The number of nitrogens with zero attached hydrogens (tertiary/aromatic N) is 2. The normalized spacial score (nSPS) is 18.2. The van der Waals surface area contributed by atoms with Gasteiger partial charge in [0.15, 0.2) is 6.19 Å². The minimum atomic E-state index is -0.0580. The maximum atomic E-state index is 11.6. The van der Waals surface area contributed by atoms with Crippen molar-refractivity contribution in [1.29, 1.82) is 5.26 Å². The Morgan fingerprint density at radius 1 is 1.47 bits per heavy atom. The molecule has 17 heavy (non-hydrogen) atoms. The Balaban J connectivity index is 2.21. The lowest BCUT2D eigenvalue weighted by Crippen LogP contribution is -2.39. The van der Waals surface area contributed by atoms with Crippen LogP contribution in [-0.2, 0) is 4.79 Å². The molecule has 96 valence electrons. The Bertz CT molecular complexity index is 279. The van der Waals surface area contributed by atoms with Crippen LogP contribution in [0.15, 0.2) is 0 Å². The predicted octanol–water partition coefficient (Wildman–Crippen LogP) is 1.87. The van der Waals surface area contributed by atoms with Crippen molar-refractivity contribution in [2.24, 2.45) is 5.92 Å². The first-order valence-corrected chi connectivity index (χ1v) is 6.52. The molecule has 4 nitrogen and oxygen atoms in total. The SMILES string of the molecule is C[C@@H](CC1CCCCC1)NC(=O)CN(C)C#N. The van der Waals surface area contributed by atoms with Crippen LogP contribution in [0.4, 0.5) is 0 Å². The Hall–Kier alpha value is -1.24. The number of hydrogen-bond donors (Lipinski definition) is 1. The van der Waals surface area contributed by atoms with Gasteiger partial charge in [-0.2, -0.15) is 5.26 Å². The average Bonchev–Trinajstić information content (AvgIpc) is 2.29. The zero-order valence-corrected chi connectivity index (χ0v) is 10.9. The van der Waals surface area contributed by atoms with E-state index in [0.717, 1.165) is 12.3 Å². The summed E-state index contributed by atoms with van der Waals surface area (Å²) in [6.07, 6.45) is 9.64. The van der Waals surface area contributed by atoms with E-state index in [9.17, 15) is 4.79 Å². The predicted molar refractivity (Wildman–Crippen MR) is 67.0 cm³/mol. The molecule has 0 aromatic rings. The molecular formula is C13H23N3O. The van der Waals surface area contributed by atoms with Gasteiger partial charge in [0.05, 0.1) is 0 Å². The molecule has 1 aliphatic rings. The van der Waals surface area contributed by atoms with Crippen molar-refractivity contribution in [1.82, 2.24) is 10.2 Å². The van der Waals surface area contributed by atoms with Gasteiger partial charge in [-0.3, -0.25) is 4.79 Å². The molecule has 0 aliphatic heterocycles. The standard InChI is InChI=1S/C13H23N3O/c1-11(8-12-6-4-3-5-7-12)15-13(17)9-16(2)10-14/h11-12H,3-9H2,1-2H3,(H,15,17)/t11-/m0/s1. The van der Waals surface area contributed by atoms with Crippen molar-refractivity contribution < 1.29 is 4.79 Å². The van der Waals surface area contributed by atoms with Gasteiger partial charge in [0.25, 0.3) is 0 Å². The summed E-state index contributed by atoms with van der Waals surface area (Å²) in [6, 6.07) is 0.220. The van der Waals surface area contributed by atoms with Crippen LogP contribution in [0, 0.1) is 17.4 Å². The zero-order chi connectivity index (χ0) is 12.7. The van der Waals surface area contributed by atoms with Crippen molar-refractivity contribution in [2.45, 2.75) is 51.5 Å². The Morgan fingerprint density at radius 2 is 2.12 bits per heavy atom. The van der Waals surface area contributed by atoms with E-state index in [1.54, 1.807) is 7.05 Å². The van der Waals surface area contributed by atoms with Gasteiger partial charge in [-0.1, -0.05) is 32.1 Å². The third-order valence-electron chi connectivity index (χ3n) is 3.37. The third-order valence-corrected chi connectivity index (χ3v) is 3.37. The number of likely N-dealkylation sites (N-methyl/N-ethyl adjacent to an activating group) is 1. The third kappa shape index (κ3) is 5.58. The molecule has 1 atom stereocenters. The molecule has 0 aromatic carbocycles. The summed E-state index contributed by atoms with van der Waals surface area (Å²) < 4.78 is 0. The molecule has 0 radical (unpaired) electrons. The minimum Gasteiger partial charge on any atom is -0.352 e. The Kier molecular flexibility index (Phi) is 5.82. The van der Waals surface area contributed by atoms with Crippen LogP contribution in [-0.4, -0.2) is 30.4 Å². The highest BCUT2D eigenvalue weighted by Crippen LogP contribution is 2.27. The van der Waals surface area contributed by atoms with Crippen molar-refractivity contribution in [3.8, 4) is 6.19 Å². The lowest BCUT2D eigenvalue weighted by Gasteiger charge is -2.25. The van der Waals surface area contributed by atoms with Gasteiger partial charge in [-0.25, -0.2) is 0 Å². The van der Waals surface area contributed by atoms with E-state index >= 15 is 0 Å². The lowest BCUT2D eigenvalue weighted by atomic mass is 9.85. The highest BCUT2D eigenvalue weighted by molar-refractivity contribution is 5.78. The fourth-order valence-corrected chi connectivity index (χ4v) is 2.55. The first-order chi connectivity index (χ1) is 8.11. The minimum absolute atomic E-state index is 0.0580. The molecule has 0 aromatic heterocycles. The molecular weight excluding hydrogens is 214 g/mol. The van der Waals surface area contributed by atoms with Gasteiger partial charge < -0.3 is 10.2 Å². The van der Waals surface area contributed by atoms with Gasteiger partial charge in [0.1, 0.15) is 6.54 Å². The molecule has 1 saturated carbocycles. The van der Waals surface area contributed by atoms with Crippen molar-refractivity contribution in [3.63, 3.8) is 0 Å². The smallest absolute Gasteiger partial charge is 0.240 e. The molecule has 1 amide bonds. The van der Waals surface area contributed by atoms with Crippen molar-refractivity contribution in [3.05, 3.63) is 0 Å². The lowest BCUT2D eigenvalue weighted by molar-refractivity contribution is -0.122. The van der Waals surface area contributed by atoms with Gasteiger partial charge in [-0.05, 0) is 19.3 Å². The van der Waals surface area contributed by atoms with Crippen LogP contribution < -0.4 is 5.32 Å². The molecule has 0 unspecified atom stereocenters. The summed E-state index contributed by atoms with van der Waals surface area (Å²) in [5.41, 5.74) is 0. The van der Waals surface area contributed by atoms with Crippen LogP contribution in [0.3, 0.4) is 0 Å². The van der Waals surface area contributed by atoms with E-state index in [2.05, 4.69) is 12.2 Å². The van der Waals surface area contributed by atoms with Gasteiger partial charge in [0.2, 0.25) is 5.91 Å². The summed E-state index contributed by atoms with van der Waals surface area (Å²) in [6.45, 7) is 2.21. The summed E-state index contributed by atoms with van der Waals surface area (Å²) in [4.78, 5) is 12.9. The largest absolute Gasteiger partial charge is 0.352 e. The first kappa shape index (κ1) is 13.8. The van der Waals surface area contributed by atoms with Crippen molar-refractivity contribution in [2.75, 3.05) is 13.6 Å². The fraction of sp³-hybridized carbons (Fsp3) is 0.846. The zero-order valence-electron chi connectivity index (χ0n) is 10.9. The number of carbonyl (C=O) groups is 1. The molecule has 4 heteroatoms. The number of nitrogens with one attached hydrogen (secondary N) is 1. The van der Waals surface area contributed by atoms with Gasteiger partial charge >= 0.3 is 0 Å². The summed E-state index contributed by atoms with van der Waals surface area (Å²) in [5.74, 6) is 0.713. The highest BCUT2D eigenvalue weighted by Gasteiger charge is 2.17. The molecule has 0 bridgehead atoms. The molecule has 1 fully saturated rings. The fourth-order valence-electron chi connectivity index (χ4n) is 2.55. The van der Waals surface area contributed by atoms with E-state index in [-0.39, 0.29) is 18.5 Å². The van der Waals surface area contributed by atoms with Crippen LogP contribution in [0.25, 0.3) is 0 Å². The summed E-state index contributed by atoms with van der Waals surface area (Å²) in [5, 5.41) is 11.5. The summed E-state index contributed by atoms with van der Waals surface area (Å²) in [7, 11) is 1.62. The van der Waals surface area contributed by atoms with Crippen LogP contribution in [0.5, 0.6) is 0 Å². The number of rotatable bonds is 5. The van der Waals surface area contributed by atoms with E-state index in [0.29, 0.717) is 0 Å². The number of carbonyl (C=O) groups excluding carboxylic acids is 1. The second-order valence-corrected chi connectivity index (χ2v) is 5.16. The summed E-state index contributed by atoms with van der Waals surface area (Å²) >= 11 is 0. The number of amides is 1. The van der Waals surface area contributed by atoms with Crippen LogP contribution in [0.1, 0.15) is 45.4 Å². The van der Waals surface area contributed by atoms with Gasteiger partial charge in [-0.15, -0.1) is 0 Å². The second kappa shape index (κ2) is 7.16. The molecule has 1 rings (SSSR count). The molecule has 0 heterocycles. The van der Waals surface area contributed by atoms with E-state index in [4.69, 9.17) is 5.26 Å². The monoisotopic (exact) mass is 237 g/mol. The topological polar surface area (TPSA) is 56.1 Å². The maximum Gasteiger partial charge on any atom is 0.240 e. The average molecular weight is 237 g/mol. The maximum absolute atomic E-state index is 11.6. The van der Waals surface area contributed by atoms with Crippen LogP contribution in [0.2, 0.25) is 0 Å². The van der Waals surface area contributed by atoms with E-state index in [1.165, 1.54) is 37.0 Å². The van der Waals surface area contributed by atoms with Gasteiger partial charge in [0, 0.05) is 13.1 Å². The molecule has 1 aliphatic carbocycles. The molecule has 0 saturated heterocycles. The quantitative estimate of drug-likeness (QED) is 0.586. The second-order valence-electron chi connectivity index (χ2n) is 5.16. The Labute approximate surface area is 104 Å². The van der Waals surface area contributed by atoms with E-state index in [1.807, 2.05) is 6.19 Å². The number of hydrogen-bond acceptors (Lipinski definition) is 3. The van der Waals surface area contributed by atoms with Crippen molar-refractivity contribution >= 4 is 5.91 Å². The first-order valence-electron chi connectivity index (χ1n) is 6.52. The molecule has 0 spiro atoms. The number of nitriles is 1. The molecule has 1 N–H and O–H groups in total. The van der Waals surface area contributed by atoms with E-state index < -0.39 is 0 Å². The van der Waals surface area contributed by atoms with Crippen LogP contribution >= 0.6 is 0 Å². The highest BCUT2D eigenvalue weighted by atomic mass is 16.2. The Morgan fingerprint density at radius 3 is 2.71 bits per heavy atom.